The van der Waals surface area contributed by atoms with Gasteiger partial charge in [0.25, 0.3) is 5.56 Å². The van der Waals surface area contributed by atoms with Crippen molar-refractivity contribution in [3.05, 3.63) is 52.1 Å². The van der Waals surface area contributed by atoms with Gasteiger partial charge in [-0.15, -0.1) is 0 Å². The third-order valence-corrected chi connectivity index (χ3v) is 6.13. The smallest absolute Gasteiger partial charge is 0.293 e. The van der Waals surface area contributed by atoms with E-state index in [-0.39, 0.29) is 18.0 Å². The summed E-state index contributed by atoms with van der Waals surface area (Å²) in [5.74, 6) is 0.364. The van der Waals surface area contributed by atoms with E-state index in [1.807, 2.05) is 12.1 Å². The average Bonchev–Trinajstić information content (AvgIpc) is 3.43. The molecule has 1 saturated heterocycles. The van der Waals surface area contributed by atoms with Crippen molar-refractivity contribution < 1.29 is 4.79 Å². The van der Waals surface area contributed by atoms with Crippen LogP contribution in [0.2, 0.25) is 0 Å². The molecule has 1 amide bonds. The van der Waals surface area contributed by atoms with Crippen molar-refractivity contribution in [2.45, 2.75) is 52.6 Å². The maximum Gasteiger partial charge on any atom is 0.293 e. The molecule has 31 heavy (non-hydrogen) atoms. The Hall–Kier alpha value is -3.00. The lowest BCUT2D eigenvalue weighted by atomic mass is 10.1. The van der Waals surface area contributed by atoms with E-state index in [1.54, 1.807) is 17.5 Å². The van der Waals surface area contributed by atoms with Crippen molar-refractivity contribution in [3.8, 4) is 11.3 Å². The zero-order valence-electron chi connectivity index (χ0n) is 18.5. The predicted octanol–water partition coefficient (Wildman–Crippen LogP) is 2.03. The van der Waals surface area contributed by atoms with E-state index in [2.05, 4.69) is 46.4 Å². The van der Waals surface area contributed by atoms with E-state index < -0.39 is 0 Å². The first kappa shape index (κ1) is 21.2. The number of aryl methyl sites for hydroxylation is 2. The summed E-state index contributed by atoms with van der Waals surface area (Å²) in [7, 11) is 0. The summed E-state index contributed by atoms with van der Waals surface area (Å²) >= 11 is 0. The number of aromatic nitrogens is 4. The lowest BCUT2D eigenvalue weighted by Gasteiger charge is -2.22. The summed E-state index contributed by atoms with van der Waals surface area (Å²) in [6.07, 6.45) is 3.23. The number of hydrogen-bond donors (Lipinski definition) is 1. The fourth-order valence-electron chi connectivity index (χ4n) is 4.30. The molecule has 164 valence electrons. The molecular formula is C23H30N6O2. The Bertz CT molecular complexity index is 1130. The number of likely N-dealkylation sites (tertiary alicyclic amines) is 1. The molecule has 4 rings (SSSR count). The highest BCUT2D eigenvalue weighted by atomic mass is 16.2. The van der Waals surface area contributed by atoms with E-state index in [9.17, 15) is 9.59 Å². The van der Waals surface area contributed by atoms with Crippen molar-refractivity contribution in [1.29, 1.82) is 0 Å². The molecule has 1 unspecified atom stereocenters. The molecule has 1 aliphatic rings. The van der Waals surface area contributed by atoms with Crippen molar-refractivity contribution in [2.75, 3.05) is 19.6 Å². The van der Waals surface area contributed by atoms with E-state index in [0.717, 1.165) is 37.9 Å². The molecule has 1 aromatic carbocycles. The first-order chi connectivity index (χ1) is 15.0. The normalized spacial score (nSPS) is 16.8. The number of benzene rings is 1. The maximum atomic E-state index is 13.0. The monoisotopic (exact) mass is 422 g/mol. The minimum Gasteiger partial charge on any atom is -0.353 e. The highest BCUT2D eigenvalue weighted by Gasteiger charge is 2.23. The van der Waals surface area contributed by atoms with E-state index >= 15 is 0 Å². The Morgan fingerprint density at radius 1 is 1.19 bits per heavy atom. The van der Waals surface area contributed by atoms with Crippen molar-refractivity contribution in [3.63, 3.8) is 0 Å². The van der Waals surface area contributed by atoms with Gasteiger partial charge >= 0.3 is 0 Å². The molecule has 1 aliphatic heterocycles. The molecule has 8 heteroatoms. The van der Waals surface area contributed by atoms with Crippen LogP contribution in [0.5, 0.6) is 0 Å². The second-order valence-corrected chi connectivity index (χ2v) is 8.12. The second-order valence-electron chi connectivity index (χ2n) is 8.12. The zero-order valence-corrected chi connectivity index (χ0v) is 18.5. The summed E-state index contributed by atoms with van der Waals surface area (Å²) in [6.45, 7) is 8.62. The van der Waals surface area contributed by atoms with Crippen LogP contribution >= 0.6 is 0 Å². The summed E-state index contributed by atoms with van der Waals surface area (Å²) in [4.78, 5) is 27.8. The van der Waals surface area contributed by atoms with Crippen molar-refractivity contribution >= 4 is 11.4 Å². The van der Waals surface area contributed by atoms with Crippen LogP contribution in [0.3, 0.4) is 0 Å². The number of rotatable bonds is 7. The Balaban J connectivity index is 1.52. The third kappa shape index (κ3) is 4.39. The summed E-state index contributed by atoms with van der Waals surface area (Å²) < 4.78 is 2.79. The number of carbonyl (C=O) groups excluding carboxylic acids is 1. The quantitative estimate of drug-likeness (QED) is 0.630. The fraction of sp³-hybridized carbons (Fsp3) is 0.478. The first-order valence-electron chi connectivity index (χ1n) is 11.1. The second kappa shape index (κ2) is 9.01. The van der Waals surface area contributed by atoms with Gasteiger partial charge in [-0.1, -0.05) is 38.1 Å². The number of fused-ring (bicyclic) bond motifs is 1. The topological polar surface area (TPSA) is 84.5 Å². The number of likely N-dealkylation sites (N-methyl/N-ethyl adjacent to an activating group) is 1. The SMILES string of the molecule is CCc1ccc(-c2cc3c(=O)n(CC(=O)NCC4CCCN4CC)nc(C)n3n2)cc1. The summed E-state index contributed by atoms with van der Waals surface area (Å²) in [5.41, 5.74) is 3.01. The van der Waals surface area contributed by atoms with Gasteiger partial charge in [0.1, 0.15) is 17.9 Å². The molecule has 3 aromatic rings. The third-order valence-electron chi connectivity index (χ3n) is 6.13. The zero-order chi connectivity index (χ0) is 22.0. The Labute approximate surface area is 181 Å². The molecular weight excluding hydrogens is 392 g/mol. The molecule has 0 radical (unpaired) electrons. The van der Waals surface area contributed by atoms with Gasteiger partial charge in [0.2, 0.25) is 5.91 Å². The Morgan fingerprint density at radius 3 is 2.68 bits per heavy atom. The molecule has 8 nitrogen and oxygen atoms in total. The minimum absolute atomic E-state index is 0.0965. The first-order valence-corrected chi connectivity index (χ1v) is 11.1. The van der Waals surface area contributed by atoms with Gasteiger partial charge in [0.15, 0.2) is 0 Å². The molecule has 0 bridgehead atoms. The van der Waals surface area contributed by atoms with Crippen LogP contribution in [0.25, 0.3) is 16.8 Å². The van der Waals surface area contributed by atoms with E-state index in [1.165, 1.54) is 10.2 Å². The molecule has 0 saturated carbocycles. The van der Waals surface area contributed by atoms with Crippen LogP contribution in [0, 0.1) is 6.92 Å². The van der Waals surface area contributed by atoms with Gasteiger partial charge in [0.05, 0.1) is 5.69 Å². The van der Waals surface area contributed by atoms with Gasteiger partial charge in [-0.25, -0.2) is 9.20 Å². The van der Waals surface area contributed by atoms with Crippen molar-refractivity contribution in [1.82, 2.24) is 29.6 Å². The van der Waals surface area contributed by atoms with Crippen LogP contribution < -0.4 is 10.9 Å². The molecule has 0 aliphatic carbocycles. The molecule has 2 aromatic heterocycles. The van der Waals surface area contributed by atoms with Crippen LogP contribution in [-0.2, 0) is 17.8 Å². The fourth-order valence-corrected chi connectivity index (χ4v) is 4.30. The number of nitrogens with zero attached hydrogens (tertiary/aromatic N) is 5. The lowest BCUT2D eigenvalue weighted by molar-refractivity contribution is -0.122. The summed E-state index contributed by atoms with van der Waals surface area (Å²) in [6, 6.07) is 10.3. The highest BCUT2D eigenvalue weighted by Crippen LogP contribution is 2.20. The van der Waals surface area contributed by atoms with Crippen LogP contribution in [0.4, 0.5) is 0 Å². The predicted molar refractivity (Wildman–Crippen MR) is 120 cm³/mol. The molecule has 1 N–H and O–H groups in total. The van der Waals surface area contributed by atoms with Gasteiger partial charge in [-0.05, 0) is 50.9 Å². The number of carbonyl (C=O) groups is 1. The maximum absolute atomic E-state index is 13.0. The molecule has 0 spiro atoms. The Morgan fingerprint density at radius 2 is 1.97 bits per heavy atom. The lowest BCUT2D eigenvalue weighted by Crippen LogP contribution is -2.42. The number of hydrogen-bond acceptors (Lipinski definition) is 5. The minimum atomic E-state index is -0.319. The van der Waals surface area contributed by atoms with Gasteiger partial charge in [0, 0.05) is 18.2 Å². The van der Waals surface area contributed by atoms with Crippen LogP contribution in [-0.4, -0.2) is 55.9 Å². The van der Waals surface area contributed by atoms with Gasteiger partial charge in [-0.3, -0.25) is 14.5 Å². The molecule has 3 heterocycles. The average molecular weight is 423 g/mol. The van der Waals surface area contributed by atoms with E-state index in [4.69, 9.17) is 0 Å². The number of nitrogens with one attached hydrogen (secondary N) is 1. The Kier molecular flexibility index (Phi) is 6.18. The molecule has 1 fully saturated rings. The standard InChI is InChI=1S/C23H30N6O2/c1-4-17-8-10-18(11-9-17)20-13-21-23(31)28(25-16(3)29(21)26-20)15-22(30)24-14-19-7-6-12-27(19)5-2/h8-11,13,19H,4-7,12,14-15H2,1-3H3,(H,24,30). The van der Waals surface area contributed by atoms with Crippen molar-refractivity contribution in [2.24, 2.45) is 0 Å². The highest BCUT2D eigenvalue weighted by molar-refractivity contribution is 5.75. The van der Waals surface area contributed by atoms with Gasteiger partial charge in [-0.2, -0.15) is 10.2 Å². The van der Waals surface area contributed by atoms with Crippen LogP contribution in [0.1, 0.15) is 38.1 Å². The van der Waals surface area contributed by atoms with E-state index in [0.29, 0.717) is 29.6 Å². The summed E-state index contributed by atoms with van der Waals surface area (Å²) in [5, 5.41) is 11.9. The largest absolute Gasteiger partial charge is 0.353 e. The number of amides is 1. The molecule has 1 atom stereocenters. The van der Waals surface area contributed by atoms with Gasteiger partial charge < -0.3 is 5.32 Å². The van der Waals surface area contributed by atoms with Crippen LogP contribution in [0.15, 0.2) is 35.1 Å².